The van der Waals surface area contributed by atoms with Crippen LogP contribution in [0.4, 0.5) is 0 Å². The maximum absolute atomic E-state index is 11.8. The molecule has 0 aliphatic rings. The molecule has 1 aromatic rings. The van der Waals surface area contributed by atoms with Gasteiger partial charge in [-0.1, -0.05) is 31.5 Å². The molecule has 0 unspecified atom stereocenters. The lowest BCUT2D eigenvalue weighted by Gasteiger charge is -2.03. The van der Waals surface area contributed by atoms with Gasteiger partial charge in [0.1, 0.15) is 0 Å². The molecule has 3 heteroatoms. The van der Waals surface area contributed by atoms with E-state index in [1.54, 1.807) is 11.8 Å². The van der Waals surface area contributed by atoms with E-state index in [1.165, 1.54) is 12.8 Å². The minimum Gasteiger partial charge on any atom is -0.293 e. The predicted octanol–water partition coefficient (Wildman–Crippen LogP) is 3.69. The number of hydrogen-bond donors (Lipinski definition) is 1. The van der Waals surface area contributed by atoms with Crippen LogP contribution in [0.1, 0.15) is 30.1 Å². The molecule has 0 heterocycles. The fourth-order valence-corrected chi connectivity index (χ4v) is 2.46. The molecule has 0 atom stereocenters. The van der Waals surface area contributed by atoms with Gasteiger partial charge in [0.2, 0.25) is 0 Å². The van der Waals surface area contributed by atoms with Crippen molar-refractivity contribution in [3.63, 3.8) is 0 Å². The number of ketones is 1. The van der Waals surface area contributed by atoms with Crippen molar-refractivity contribution in [2.75, 3.05) is 11.5 Å². The summed E-state index contributed by atoms with van der Waals surface area (Å²) in [4.78, 5) is 12.5. The molecule has 0 bridgehead atoms. The van der Waals surface area contributed by atoms with Gasteiger partial charge in [-0.05, 0) is 18.2 Å². The van der Waals surface area contributed by atoms with Gasteiger partial charge in [-0.25, -0.2) is 0 Å². The molecule has 0 fully saturated rings. The molecule has 0 aromatic heterocycles. The highest BCUT2D eigenvalue weighted by Gasteiger charge is 2.08. The summed E-state index contributed by atoms with van der Waals surface area (Å²) in [6.07, 6.45) is 2.37. The average molecular weight is 240 g/mol. The van der Waals surface area contributed by atoms with Crippen LogP contribution >= 0.6 is 24.4 Å². The topological polar surface area (TPSA) is 17.1 Å². The van der Waals surface area contributed by atoms with Crippen LogP contribution in [0.2, 0.25) is 0 Å². The average Bonchev–Trinajstić information content (AvgIpc) is 2.25. The maximum Gasteiger partial charge on any atom is 0.173 e. The number of rotatable bonds is 6. The van der Waals surface area contributed by atoms with Crippen LogP contribution in [-0.2, 0) is 0 Å². The summed E-state index contributed by atoms with van der Waals surface area (Å²) in [5.41, 5.74) is 0.741. The second-order valence-electron chi connectivity index (χ2n) is 3.35. The Hall–Kier alpha value is -0.410. The SMILES string of the molecule is CCCCSCC(=O)c1ccccc1S. The molecule has 82 valence electrons. The van der Waals surface area contributed by atoms with Gasteiger partial charge in [0.05, 0.1) is 5.75 Å². The van der Waals surface area contributed by atoms with Crippen LogP contribution in [0.5, 0.6) is 0 Å². The molecule has 15 heavy (non-hydrogen) atoms. The Morgan fingerprint density at radius 1 is 1.40 bits per heavy atom. The quantitative estimate of drug-likeness (QED) is 0.464. The molecule has 0 amide bonds. The molecule has 1 rings (SSSR count). The van der Waals surface area contributed by atoms with Crippen molar-refractivity contribution in [3.05, 3.63) is 29.8 Å². The number of carbonyl (C=O) groups is 1. The lowest BCUT2D eigenvalue weighted by Crippen LogP contribution is -2.03. The molecular formula is C12H16OS2. The van der Waals surface area contributed by atoms with Crippen molar-refractivity contribution in [1.29, 1.82) is 0 Å². The first-order valence-electron chi connectivity index (χ1n) is 5.14. The van der Waals surface area contributed by atoms with E-state index < -0.39 is 0 Å². The highest BCUT2D eigenvalue weighted by Crippen LogP contribution is 2.16. The van der Waals surface area contributed by atoms with Crippen LogP contribution < -0.4 is 0 Å². The summed E-state index contributed by atoms with van der Waals surface area (Å²) in [5, 5.41) is 0. The zero-order valence-corrected chi connectivity index (χ0v) is 10.6. The molecule has 1 aromatic carbocycles. The summed E-state index contributed by atoms with van der Waals surface area (Å²) in [5.74, 6) is 1.82. The van der Waals surface area contributed by atoms with E-state index in [0.29, 0.717) is 5.75 Å². The monoisotopic (exact) mass is 240 g/mol. The Morgan fingerprint density at radius 3 is 2.80 bits per heavy atom. The number of carbonyl (C=O) groups excluding carboxylic acids is 1. The number of thiol groups is 1. The van der Waals surface area contributed by atoms with Crippen LogP contribution in [-0.4, -0.2) is 17.3 Å². The number of thioether (sulfide) groups is 1. The molecular weight excluding hydrogens is 224 g/mol. The van der Waals surface area contributed by atoms with Gasteiger partial charge in [0.15, 0.2) is 5.78 Å². The molecule has 0 aliphatic carbocycles. The van der Waals surface area contributed by atoms with E-state index >= 15 is 0 Å². The first kappa shape index (κ1) is 12.7. The van der Waals surface area contributed by atoms with Gasteiger partial charge in [-0.2, -0.15) is 11.8 Å². The smallest absolute Gasteiger partial charge is 0.173 e. The van der Waals surface area contributed by atoms with Gasteiger partial charge in [-0.3, -0.25) is 4.79 Å². The number of Topliss-reactive ketones (excluding diaryl/α,β-unsaturated/α-hetero) is 1. The second-order valence-corrected chi connectivity index (χ2v) is 4.93. The van der Waals surface area contributed by atoms with Gasteiger partial charge in [0.25, 0.3) is 0 Å². The third-order valence-corrected chi connectivity index (χ3v) is 3.51. The van der Waals surface area contributed by atoms with Crippen molar-refractivity contribution in [3.8, 4) is 0 Å². The van der Waals surface area contributed by atoms with Gasteiger partial charge in [-0.15, -0.1) is 12.6 Å². The van der Waals surface area contributed by atoms with Crippen LogP contribution in [0, 0.1) is 0 Å². The van der Waals surface area contributed by atoms with Crippen molar-refractivity contribution < 1.29 is 4.79 Å². The highest BCUT2D eigenvalue weighted by molar-refractivity contribution is 7.99. The molecule has 0 radical (unpaired) electrons. The number of benzene rings is 1. The molecule has 0 N–H and O–H groups in total. The summed E-state index contributed by atoms with van der Waals surface area (Å²) in [6, 6.07) is 7.46. The van der Waals surface area contributed by atoms with Crippen molar-refractivity contribution in [2.45, 2.75) is 24.7 Å². The minimum atomic E-state index is 0.182. The predicted molar refractivity (Wildman–Crippen MR) is 70.3 cm³/mol. The third kappa shape index (κ3) is 4.31. The van der Waals surface area contributed by atoms with E-state index in [2.05, 4.69) is 19.6 Å². The normalized spacial score (nSPS) is 10.3. The van der Waals surface area contributed by atoms with E-state index in [4.69, 9.17) is 0 Å². The standard InChI is InChI=1S/C12H16OS2/c1-2-3-8-15-9-11(13)10-6-4-5-7-12(10)14/h4-7,14H,2-3,8-9H2,1H3. The first-order chi connectivity index (χ1) is 7.25. The fourth-order valence-electron chi connectivity index (χ4n) is 1.20. The summed E-state index contributed by atoms with van der Waals surface area (Å²) in [6.45, 7) is 2.16. The van der Waals surface area contributed by atoms with E-state index in [-0.39, 0.29) is 5.78 Å². The van der Waals surface area contributed by atoms with Crippen LogP contribution in [0.25, 0.3) is 0 Å². The third-order valence-electron chi connectivity index (χ3n) is 2.08. The van der Waals surface area contributed by atoms with E-state index in [9.17, 15) is 4.79 Å². The molecule has 0 saturated heterocycles. The lowest BCUT2D eigenvalue weighted by molar-refractivity contribution is 0.102. The summed E-state index contributed by atoms with van der Waals surface area (Å²) < 4.78 is 0. The molecule has 0 spiro atoms. The Kier molecular flexibility index (Phi) is 5.88. The fraction of sp³-hybridized carbons (Fsp3) is 0.417. The van der Waals surface area contributed by atoms with Crippen LogP contribution in [0.15, 0.2) is 29.2 Å². The Morgan fingerprint density at radius 2 is 2.13 bits per heavy atom. The zero-order chi connectivity index (χ0) is 11.1. The molecule has 1 nitrogen and oxygen atoms in total. The maximum atomic E-state index is 11.8. The van der Waals surface area contributed by atoms with Crippen molar-refractivity contribution in [2.24, 2.45) is 0 Å². The van der Waals surface area contributed by atoms with Crippen molar-refractivity contribution >= 4 is 30.2 Å². The van der Waals surface area contributed by atoms with Gasteiger partial charge < -0.3 is 0 Å². The second kappa shape index (κ2) is 6.96. The van der Waals surface area contributed by atoms with Crippen molar-refractivity contribution in [1.82, 2.24) is 0 Å². The van der Waals surface area contributed by atoms with Gasteiger partial charge >= 0.3 is 0 Å². The van der Waals surface area contributed by atoms with Crippen LogP contribution in [0.3, 0.4) is 0 Å². The van der Waals surface area contributed by atoms with E-state index in [1.807, 2.05) is 24.3 Å². The highest BCUT2D eigenvalue weighted by atomic mass is 32.2. The molecule has 0 aliphatic heterocycles. The Balaban J connectivity index is 2.44. The Labute approximate surface area is 101 Å². The zero-order valence-electron chi connectivity index (χ0n) is 8.90. The summed E-state index contributed by atoms with van der Waals surface area (Å²) in [7, 11) is 0. The summed E-state index contributed by atoms with van der Waals surface area (Å²) >= 11 is 5.98. The van der Waals surface area contributed by atoms with E-state index in [0.717, 1.165) is 16.2 Å². The minimum absolute atomic E-state index is 0.182. The number of hydrogen-bond acceptors (Lipinski definition) is 3. The lowest BCUT2D eigenvalue weighted by atomic mass is 10.1. The molecule has 0 saturated carbocycles. The number of unbranched alkanes of at least 4 members (excludes halogenated alkanes) is 1. The first-order valence-corrected chi connectivity index (χ1v) is 6.75. The largest absolute Gasteiger partial charge is 0.293 e. The Bertz CT molecular complexity index is 323. The van der Waals surface area contributed by atoms with Gasteiger partial charge in [0, 0.05) is 10.5 Å².